The van der Waals surface area contributed by atoms with Crippen molar-refractivity contribution in [3.05, 3.63) is 111 Å². The first kappa shape index (κ1) is 25.2. The molecule has 1 amide bonds. The molecule has 4 atom stereocenters. The molecule has 38 heavy (non-hydrogen) atoms. The average Bonchev–Trinajstić information content (AvgIpc) is 3.61. The number of fused-ring (bicyclic) bond motifs is 2. The number of aliphatic hydroxyl groups excluding tert-OH is 1. The van der Waals surface area contributed by atoms with Crippen LogP contribution in [0.1, 0.15) is 48.3 Å². The largest absolute Gasteiger partial charge is 0.382 e. The number of rotatable bonds is 7. The molecule has 0 unspecified atom stereocenters. The van der Waals surface area contributed by atoms with E-state index in [-0.39, 0.29) is 17.9 Å². The summed E-state index contributed by atoms with van der Waals surface area (Å²) in [6.45, 7) is 3.22. The Bertz CT molecular complexity index is 1440. The van der Waals surface area contributed by atoms with E-state index in [1.54, 1.807) is 10.9 Å². The van der Waals surface area contributed by atoms with Crippen LogP contribution >= 0.6 is 22.6 Å². The minimum atomic E-state index is -0.971. The van der Waals surface area contributed by atoms with Crippen molar-refractivity contribution in [2.24, 2.45) is 5.92 Å². The molecule has 4 aromatic rings. The van der Waals surface area contributed by atoms with Crippen LogP contribution in [-0.2, 0) is 28.2 Å². The number of aromatic nitrogens is 3. The predicted molar refractivity (Wildman–Crippen MR) is 152 cm³/mol. The summed E-state index contributed by atoms with van der Waals surface area (Å²) in [5, 5.41) is 19.0. The Kier molecular flexibility index (Phi) is 6.79. The van der Waals surface area contributed by atoms with Crippen LogP contribution in [0.4, 0.5) is 5.69 Å². The van der Waals surface area contributed by atoms with Crippen LogP contribution in [0.5, 0.6) is 0 Å². The summed E-state index contributed by atoms with van der Waals surface area (Å²) >= 11 is 2.29. The quantitative estimate of drug-likeness (QED) is 0.287. The molecule has 8 heteroatoms. The summed E-state index contributed by atoms with van der Waals surface area (Å²) < 4.78 is 9.60. The first-order valence-electron chi connectivity index (χ1n) is 12.9. The maximum Gasteiger partial charge on any atom is 0.264 e. The zero-order chi connectivity index (χ0) is 26.3. The highest BCUT2D eigenvalue weighted by Crippen LogP contribution is 2.53. The molecule has 3 aromatic carbocycles. The Labute approximate surface area is 235 Å². The van der Waals surface area contributed by atoms with E-state index in [2.05, 4.69) is 64.1 Å². The maximum absolute atomic E-state index is 14.0. The second kappa shape index (κ2) is 10.2. The van der Waals surface area contributed by atoms with Crippen LogP contribution in [0, 0.1) is 9.49 Å². The average molecular weight is 620 g/mol. The van der Waals surface area contributed by atoms with Gasteiger partial charge in [0.2, 0.25) is 0 Å². The number of nitrogens with zero attached hydrogens (tertiary/aromatic N) is 4. The van der Waals surface area contributed by atoms with E-state index in [1.165, 1.54) is 3.57 Å². The molecule has 0 radical (unpaired) electrons. The van der Waals surface area contributed by atoms with E-state index in [0.717, 1.165) is 28.8 Å². The molecule has 6 rings (SSSR count). The molecule has 3 heterocycles. The number of carbonyl (C=O) groups is 1. The Morgan fingerprint density at radius 1 is 1.08 bits per heavy atom. The van der Waals surface area contributed by atoms with Crippen LogP contribution in [0.15, 0.2) is 85.1 Å². The Balaban J connectivity index is 1.18. The third-order valence-electron chi connectivity index (χ3n) is 7.71. The first-order chi connectivity index (χ1) is 18.5. The van der Waals surface area contributed by atoms with E-state index in [0.29, 0.717) is 25.2 Å². The molecule has 2 aliphatic heterocycles. The zero-order valence-corrected chi connectivity index (χ0v) is 23.2. The summed E-state index contributed by atoms with van der Waals surface area (Å²) in [6.07, 6.45) is 2.36. The van der Waals surface area contributed by atoms with E-state index in [9.17, 15) is 9.90 Å². The highest BCUT2D eigenvalue weighted by atomic mass is 127. The molecule has 2 aliphatic rings. The Hall–Kier alpha value is -3.08. The Morgan fingerprint density at radius 3 is 2.61 bits per heavy atom. The van der Waals surface area contributed by atoms with Crippen molar-refractivity contribution in [2.45, 2.75) is 50.7 Å². The molecule has 1 N–H and O–H groups in total. The number of amides is 1. The van der Waals surface area contributed by atoms with E-state index in [1.807, 2.05) is 59.5 Å². The molecular formula is C30H29IN4O3. The molecule has 194 valence electrons. The number of aryl methyl sites for hydroxylation is 1. The second-order valence-corrected chi connectivity index (χ2v) is 11.4. The van der Waals surface area contributed by atoms with Gasteiger partial charge in [-0.3, -0.25) is 9.48 Å². The topological polar surface area (TPSA) is 80.5 Å². The lowest BCUT2D eigenvalue weighted by Gasteiger charge is -2.28. The third-order valence-corrected chi connectivity index (χ3v) is 8.43. The predicted octanol–water partition coefficient (Wildman–Crippen LogP) is 5.22. The van der Waals surface area contributed by atoms with Gasteiger partial charge in [-0.25, -0.2) is 0 Å². The van der Waals surface area contributed by atoms with Crippen LogP contribution in [0.3, 0.4) is 0 Å². The molecular weight excluding hydrogens is 591 g/mol. The molecule has 1 aromatic heterocycles. The van der Waals surface area contributed by atoms with Crippen molar-refractivity contribution in [3.63, 3.8) is 0 Å². The third kappa shape index (κ3) is 4.44. The highest BCUT2D eigenvalue weighted by molar-refractivity contribution is 14.1. The summed E-state index contributed by atoms with van der Waals surface area (Å²) in [6, 6.07) is 25.7. The number of para-hydroxylation sites is 1. The highest BCUT2D eigenvalue weighted by Gasteiger charge is 2.59. The van der Waals surface area contributed by atoms with E-state index in [4.69, 9.17) is 4.74 Å². The van der Waals surface area contributed by atoms with Gasteiger partial charge in [-0.05, 0) is 64.8 Å². The van der Waals surface area contributed by atoms with Gasteiger partial charge in [-0.15, -0.1) is 5.10 Å². The van der Waals surface area contributed by atoms with Crippen molar-refractivity contribution < 1.29 is 14.6 Å². The Morgan fingerprint density at radius 2 is 1.82 bits per heavy atom. The normalized spacial score (nSPS) is 23.2. The summed E-state index contributed by atoms with van der Waals surface area (Å²) in [7, 11) is 0. The second-order valence-electron chi connectivity index (χ2n) is 10.2. The van der Waals surface area contributed by atoms with Gasteiger partial charge in [0, 0.05) is 21.6 Å². The van der Waals surface area contributed by atoms with Gasteiger partial charge in [0.15, 0.2) is 5.60 Å². The molecule has 0 saturated carbocycles. The van der Waals surface area contributed by atoms with Crippen LogP contribution in [-0.4, -0.2) is 32.1 Å². The fourth-order valence-electron chi connectivity index (χ4n) is 5.76. The van der Waals surface area contributed by atoms with Crippen molar-refractivity contribution in [3.8, 4) is 0 Å². The van der Waals surface area contributed by atoms with Crippen LogP contribution in [0.25, 0.3) is 0 Å². The molecule has 1 spiro atoms. The van der Waals surface area contributed by atoms with Crippen LogP contribution in [0.2, 0.25) is 0 Å². The van der Waals surface area contributed by atoms with Crippen molar-refractivity contribution in [2.75, 3.05) is 4.90 Å². The SMILES string of the molecule is C[C@@H]1C[C@H](CCn2cc([C@H](O)c3ccccc3)nn2)O[C@@]12C(=O)N(Cc1ccc(I)cc1)c1ccccc12. The standard InChI is InChI=1S/C30H29IN4O3/c1-20-17-24(15-16-34-19-26(32-33-34)28(36)22-7-3-2-4-8-22)38-30(20)25-9-5-6-10-27(25)35(29(30)37)18-21-11-13-23(31)14-12-21/h2-14,19-20,24,28,36H,15-18H2,1H3/t20-,24+,28-,30+/m1/s1. The van der Waals surface area contributed by atoms with Crippen molar-refractivity contribution in [1.82, 2.24) is 15.0 Å². The van der Waals surface area contributed by atoms with Crippen molar-refractivity contribution >= 4 is 34.2 Å². The number of carbonyl (C=O) groups excluding carboxylic acids is 1. The van der Waals surface area contributed by atoms with Gasteiger partial charge < -0.3 is 14.7 Å². The van der Waals surface area contributed by atoms with Gasteiger partial charge >= 0.3 is 0 Å². The summed E-state index contributed by atoms with van der Waals surface area (Å²) in [4.78, 5) is 15.9. The number of hydrogen-bond donors (Lipinski definition) is 1. The summed E-state index contributed by atoms with van der Waals surface area (Å²) in [5.41, 5.74) is 3.30. The van der Waals surface area contributed by atoms with E-state index >= 15 is 0 Å². The smallest absolute Gasteiger partial charge is 0.264 e. The molecule has 7 nitrogen and oxygen atoms in total. The first-order valence-corrected chi connectivity index (χ1v) is 14.0. The summed E-state index contributed by atoms with van der Waals surface area (Å²) in [5.74, 6) is 0.0513. The molecule has 0 aliphatic carbocycles. The fourth-order valence-corrected chi connectivity index (χ4v) is 6.12. The van der Waals surface area contributed by atoms with Crippen molar-refractivity contribution in [1.29, 1.82) is 0 Å². The number of aliphatic hydroxyl groups is 1. The van der Waals surface area contributed by atoms with Gasteiger partial charge in [0.25, 0.3) is 5.91 Å². The van der Waals surface area contributed by atoms with Gasteiger partial charge in [-0.2, -0.15) is 0 Å². The van der Waals surface area contributed by atoms with Gasteiger partial charge in [0.1, 0.15) is 11.8 Å². The van der Waals surface area contributed by atoms with Crippen LogP contribution < -0.4 is 4.90 Å². The lowest BCUT2D eigenvalue weighted by molar-refractivity contribution is -0.146. The number of anilines is 1. The minimum absolute atomic E-state index is 0.0151. The van der Waals surface area contributed by atoms with Gasteiger partial charge in [-0.1, -0.05) is 72.8 Å². The van der Waals surface area contributed by atoms with E-state index < -0.39 is 11.7 Å². The maximum atomic E-state index is 14.0. The lowest BCUT2D eigenvalue weighted by Crippen LogP contribution is -2.43. The molecule has 1 saturated heterocycles. The zero-order valence-electron chi connectivity index (χ0n) is 21.1. The minimum Gasteiger partial charge on any atom is -0.382 e. The molecule has 1 fully saturated rings. The number of ether oxygens (including phenoxy) is 1. The number of halogens is 1. The van der Waals surface area contributed by atoms with Gasteiger partial charge in [0.05, 0.1) is 24.5 Å². The monoisotopic (exact) mass is 620 g/mol. The number of hydrogen-bond acceptors (Lipinski definition) is 5. The lowest BCUT2D eigenvalue weighted by atomic mass is 9.83. The fraction of sp³-hybridized carbons (Fsp3) is 0.300. The number of benzene rings is 3. The molecule has 0 bridgehead atoms.